The van der Waals surface area contributed by atoms with Gasteiger partial charge < -0.3 is 21.1 Å². The lowest BCUT2D eigenvalue weighted by Crippen LogP contribution is -2.38. The van der Waals surface area contributed by atoms with Gasteiger partial charge in [-0.25, -0.2) is 4.79 Å². The predicted molar refractivity (Wildman–Crippen MR) is 62.0 cm³/mol. The lowest BCUT2D eigenvalue weighted by atomic mass is 10.1. The number of aromatic amines is 1. The lowest BCUT2D eigenvalue weighted by molar-refractivity contribution is -0.00453. The van der Waals surface area contributed by atoms with Crippen LogP contribution in [-0.4, -0.2) is 43.7 Å². The number of H-pyrrole nitrogens is 1. The second kappa shape index (κ2) is 4.56. The van der Waals surface area contributed by atoms with Crippen LogP contribution in [0.15, 0.2) is 15.8 Å². The highest BCUT2D eigenvalue weighted by molar-refractivity contribution is 5.30. The van der Waals surface area contributed by atoms with Gasteiger partial charge >= 0.3 is 5.69 Å². The van der Waals surface area contributed by atoms with Crippen LogP contribution in [0.1, 0.15) is 12.5 Å². The number of anilines is 1. The lowest BCUT2D eigenvalue weighted by Gasteiger charge is -2.18. The molecule has 2 rings (SSSR count). The van der Waals surface area contributed by atoms with E-state index in [4.69, 9.17) is 10.8 Å². The largest absolute Gasteiger partial charge is 0.396 e. The monoisotopic (exact) mass is 257 g/mol. The summed E-state index contributed by atoms with van der Waals surface area (Å²) in [6.07, 6.45) is -0.934. The summed E-state index contributed by atoms with van der Waals surface area (Å²) in [6, 6.07) is -0.719. The molecule has 1 aromatic rings. The molecule has 1 fully saturated rings. The Balaban J connectivity index is 2.42. The van der Waals surface area contributed by atoms with Gasteiger partial charge in [-0.1, -0.05) is 0 Å². The molecule has 8 nitrogen and oxygen atoms in total. The Bertz CT molecular complexity index is 551. The molecule has 0 amide bonds. The van der Waals surface area contributed by atoms with Gasteiger partial charge in [0.2, 0.25) is 0 Å². The van der Waals surface area contributed by atoms with Crippen LogP contribution in [0, 0.1) is 5.92 Å². The van der Waals surface area contributed by atoms with Gasteiger partial charge in [0, 0.05) is 18.7 Å². The van der Waals surface area contributed by atoms with Crippen LogP contribution in [0.4, 0.5) is 5.69 Å². The molecular weight excluding hydrogens is 242 g/mol. The maximum absolute atomic E-state index is 11.6. The van der Waals surface area contributed by atoms with Gasteiger partial charge in [-0.3, -0.25) is 14.3 Å². The summed E-state index contributed by atoms with van der Waals surface area (Å²) in [5, 5.41) is 28.6. The molecule has 1 aliphatic rings. The van der Waals surface area contributed by atoms with Crippen molar-refractivity contribution in [2.75, 3.05) is 12.3 Å². The summed E-state index contributed by atoms with van der Waals surface area (Å²) in [5.41, 5.74) is 3.86. The Morgan fingerprint density at radius 2 is 2.06 bits per heavy atom. The maximum atomic E-state index is 11.6. The molecule has 18 heavy (non-hydrogen) atoms. The smallest absolute Gasteiger partial charge is 0.328 e. The van der Waals surface area contributed by atoms with E-state index < -0.39 is 35.4 Å². The number of rotatable bonds is 2. The van der Waals surface area contributed by atoms with Crippen LogP contribution >= 0.6 is 0 Å². The molecule has 1 saturated carbocycles. The Morgan fingerprint density at radius 1 is 1.39 bits per heavy atom. The van der Waals surface area contributed by atoms with Crippen molar-refractivity contribution in [1.29, 1.82) is 0 Å². The van der Waals surface area contributed by atoms with Crippen molar-refractivity contribution < 1.29 is 15.3 Å². The Morgan fingerprint density at radius 3 is 2.61 bits per heavy atom. The van der Waals surface area contributed by atoms with Gasteiger partial charge in [0.15, 0.2) is 0 Å². The normalized spacial score (nSPS) is 31.7. The van der Waals surface area contributed by atoms with Gasteiger partial charge in [0.05, 0.1) is 12.1 Å². The molecule has 0 aromatic carbocycles. The van der Waals surface area contributed by atoms with Crippen molar-refractivity contribution in [3.8, 4) is 0 Å². The van der Waals surface area contributed by atoms with E-state index >= 15 is 0 Å². The van der Waals surface area contributed by atoms with Crippen LogP contribution in [0.5, 0.6) is 0 Å². The number of aromatic nitrogens is 2. The van der Waals surface area contributed by atoms with E-state index in [1.165, 1.54) is 0 Å². The number of nitrogen functional groups attached to an aromatic ring is 1. The third-order valence-corrected chi connectivity index (χ3v) is 3.36. The van der Waals surface area contributed by atoms with E-state index in [1.54, 1.807) is 0 Å². The van der Waals surface area contributed by atoms with E-state index in [-0.39, 0.29) is 18.7 Å². The van der Waals surface area contributed by atoms with E-state index in [0.717, 1.165) is 10.8 Å². The van der Waals surface area contributed by atoms with Crippen LogP contribution in [0.3, 0.4) is 0 Å². The number of aliphatic hydroxyl groups excluding tert-OH is 3. The molecule has 1 heterocycles. The topological polar surface area (TPSA) is 142 Å². The van der Waals surface area contributed by atoms with Crippen molar-refractivity contribution in [1.82, 2.24) is 9.55 Å². The number of hydrogen-bond donors (Lipinski definition) is 5. The van der Waals surface area contributed by atoms with Crippen LogP contribution in [-0.2, 0) is 0 Å². The number of aliphatic hydroxyl groups is 3. The fourth-order valence-electron chi connectivity index (χ4n) is 2.30. The highest BCUT2D eigenvalue weighted by atomic mass is 16.3. The van der Waals surface area contributed by atoms with Crippen molar-refractivity contribution in [2.24, 2.45) is 5.92 Å². The van der Waals surface area contributed by atoms with Crippen LogP contribution < -0.4 is 17.0 Å². The number of nitrogens with two attached hydrogens (primary N) is 1. The fraction of sp³-hybridized carbons (Fsp3) is 0.600. The molecule has 1 aliphatic carbocycles. The maximum Gasteiger partial charge on any atom is 0.328 e. The summed E-state index contributed by atoms with van der Waals surface area (Å²) in [7, 11) is 0. The van der Waals surface area contributed by atoms with E-state index in [9.17, 15) is 19.8 Å². The molecular formula is C10H15N3O5. The first-order valence-corrected chi connectivity index (χ1v) is 5.53. The first-order valence-electron chi connectivity index (χ1n) is 5.53. The Hall–Kier alpha value is -1.64. The van der Waals surface area contributed by atoms with Crippen molar-refractivity contribution in [2.45, 2.75) is 24.7 Å². The fourth-order valence-corrected chi connectivity index (χ4v) is 2.30. The Kier molecular flexibility index (Phi) is 3.24. The predicted octanol–water partition coefficient (Wildman–Crippen LogP) is -2.61. The second-order valence-corrected chi connectivity index (χ2v) is 4.48. The highest BCUT2D eigenvalue weighted by Gasteiger charge is 2.42. The van der Waals surface area contributed by atoms with Gasteiger partial charge in [-0.15, -0.1) is 0 Å². The summed E-state index contributed by atoms with van der Waals surface area (Å²) >= 11 is 0. The third-order valence-electron chi connectivity index (χ3n) is 3.36. The first-order chi connectivity index (χ1) is 8.45. The van der Waals surface area contributed by atoms with Crippen LogP contribution in [0.2, 0.25) is 0 Å². The molecule has 0 radical (unpaired) electrons. The molecule has 8 heteroatoms. The first kappa shape index (κ1) is 12.8. The molecule has 0 saturated heterocycles. The minimum absolute atomic E-state index is 0.149. The van der Waals surface area contributed by atoms with E-state index in [0.29, 0.717) is 0 Å². The van der Waals surface area contributed by atoms with Gasteiger partial charge in [0.25, 0.3) is 5.56 Å². The number of nitrogens with zero attached hydrogens (tertiary/aromatic N) is 1. The summed E-state index contributed by atoms with van der Waals surface area (Å²) in [4.78, 5) is 24.8. The molecule has 0 spiro atoms. The van der Waals surface area contributed by atoms with Crippen molar-refractivity contribution in [3.63, 3.8) is 0 Å². The van der Waals surface area contributed by atoms with Gasteiger partial charge in [-0.05, 0) is 6.42 Å². The molecule has 0 unspecified atom stereocenters. The zero-order valence-electron chi connectivity index (χ0n) is 9.48. The average molecular weight is 257 g/mol. The molecule has 1 aromatic heterocycles. The number of hydrogen-bond acceptors (Lipinski definition) is 6. The van der Waals surface area contributed by atoms with Gasteiger partial charge in [-0.2, -0.15) is 0 Å². The molecule has 0 aliphatic heterocycles. The van der Waals surface area contributed by atoms with Gasteiger partial charge in [0.1, 0.15) is 11.8 Å². The molecule has 100 valence electrons. The minimum atomic E-state index is -1.19. The summed E-state index contributed by atoms with van der Waals surface area (Å²) in [5.74, 6) is -0.509. The van der Waals surface area contributed by atoms with E-state index in [1.807, 2.05) is 4.98 Å². The molecule has 4 atom stereocenters. The highest BCUT2D eigenvalue weighted by Crippen LogP contribution is 2.34. The standard InChI is InChI=1S/C10H15N3O5/c11-5-2-13(10(18)12-9(5)17)6-1-4(3-14)7(15)8(6)16/h2,4,6-8,14-16H,1,3,11H2,(H,12,17,18)/t4-,6-,7-,8+/m1/s1. The third kappa shape index (κ3) is 1.94. The number of nitrogens with one attached hydrogen (secondary N) is 1. The Labute approximate surface area is 101 Å². The SMILES string of the molecule is Nc1cn([C@@H]2C[C@H](CO)[C@@H](O)[C@H]2O)c(=O)[nH]c1=O. The molecule has 0 bridgehead atoms. The molecule has 6 N–H and O–H groups in total. The summed E-state index contributed by atoms with van der Waals surface area (Å²) < 4.78 is 1.08. The quantitative estimate of drug-likeness (QED) is 0.393. The van der Waals surface area contributed by atoms with Crippen molar-refractivity contribution in [3.05, 3.63) is 27.0 Å². The zero-order chi connectivity index (χ0) is 13.4. The van der Waals surface area contributed by atoms with Crippen LogP contribution in [0.25, 0.3) is 0 Å². The second-order valence-electron chi connectivity index (χ2n) is 4.48. The average Bonchev–Trinajstić information content (AvgIpc) is 2.61. The van der Waals surface area contributed by atoms with Crippen molar-refractivity contribution >= 4 is 5.69 Å². The zero-order valence-corrected chi connectivity index (χ0v) is 9.48. The minimum Gasteiger partial charge on any atom is -0.396 e. The van der Waals surface area contributed by atoms with E-state index in [2.05, 4.69) is 0 Å². The summed E-state index contributed by atoms with van der Waals surface area (Å²) in [6.45, 7) is -0.289.